The molecule has 4 nitrogen and oxygen atoms in total. The van der Waals surface area contributed by atoms with Crippen molar-refractivity contribution in [2.75, 3.05) is 0 Å². The van der Waals surface area contributed by atoms with E-state index in [0.717, 1.165) is 25.1 Å². The van der Waals surface area contributed by atoms with Crippen LogP contribution in [0.15, 0.2) is 6.20 Å². The van der Waals surface area contributed by atoms with Crippen LogP contribution < -0.4 is 5.73 Å². The Morgan fingerprint density at radius 2 is 2.12 bits per heavy atom. The minimum Gasteiger partial charge on any atom is -0.325 e. The molecule has 88 valence electrons. The lowest BCUT2D eigenvalue weighted by Gasteiger charge is -1.99. The molecule has 1 aromatic heterocycles. The van der Waals surface area contributed by atoms with E-state index in [1.165, 1.54) is 19.3 Å². The van der Waals surface area contributed by atoms with Crippen LogP contribution in [0.1, 0.15) is 44.7 Å². The van der Waals surface area contributed by atoms with Crippen molar-refractivity contribution in [1.29, 1.82) is 0 Å². The van der Waals surface area contributed by atoms with Crippen LogP contribution in [0.4, 0.5) is 0 Å². The van der Waals surface area contributed by atoms with E-state index in [9.17, 15) is 0 Å². The molecule has 16 heavy (non-hydrogen) atoms. The van der Waals surface area contributed by atoms with Gasteiger partial charge < -0.3 is 5.73 Å². The van der Waals surface area contributed by atoms with Crippen molar-refractivity contribution in [1.82, 2.24) is 15.0 Å². The van der Waals surface area contributed by atoms with Gasteiger partial charge in [0.15, 0.2) is 0 Å². The Kier molecular flexibility index (Phi) is 6.28. The molecule has 4 heteroatoms. The standard InChI is InChI=1S/C12H20N4/c1-2-3-4-5-6-7-8-9-16-11-12(10-13)14-15-16/h11H,4-10,13H2,1H3. The quantitative estimate of drug-likeness (QED) is 0.562. The molecule has 1 rings (SSSR count). The summed E-state index contributed by atoms with van der Waals surface area (Å²) >= 11 is 0. The van der Waals surface area contributed by atoms with E-state index in [4.69, 9.17) is 5.73 Å². The average Bonchev–Trinajstić information content (AvgIpc) is 2.76. The van der Waals surface area contributed by atoms with E-state index in [1.807, 2.05) is 17.8 Å². The summed E-state index contributed by atoms with van der Waals surface area (Å²) in [6.45, 7) is 3.29. The first-order chi connectivity index (χ1) is 7.86. The molecule has 2 N–H and O–H groups in total. The van der Waals surface area contributed by atoms with Gasteiger partial charge in [0.1, 0.15) is 0 Å². The second kappa shape index (κ2) is 7.89. The van der Waals surface area contributed by atoms with Gasteiger partial charge >= 0.3 is 0 Å². The van der Waals surface area contributed by atoms with Crippen LogP contribution in [0.3, 0.4) is 0 Å². The Bertz CT molecular complexity index is 345. The molecule has 0 spiro atoms. The Hall–Kier alpha value is -1.34. The fourth-order valence-electron chi connectivity index (χ4n) is 1.51. The van der Waals surface area contributed by atoms with Crippen LogP contribution in [0.5, 0.6) is 0 Å². The fraction of sp³-hybridized carbons (Fsp3) is 0.667. The molecule has 0 amide bonds. The molecule has 1 aromatic rings. The minimum atomic E-state index is 0.468. The maximum atomic E-state index is 5.46. The van der Waals surface area contributed by atoms with E-state index in [0.29, 0.717) is 6.54 Å². The van der Waals surface area contributed by atoms with Gasteiger partial charge in [-0.1, -0.05) is 18.1 Å². The lowest BCUT2D eigenvalue weighted by molar-refractivity contribution is 0.524. The normalized spacial score (nSPS) is 9.88. The highest BCUT2D eigenvalue weighted by Gasteiger charge is 1.97. The molecule has 0 saturated heterocycles. The number of nitrogens with two attached hydrogens (primary N) is 1. The van der Waals surface area contributed by atoms with E-state index in [2.05, 4.69) is 22.2 Å². The highest BCUT2D eigenvalue weighted by atomic mass is 15.4. The third-order valence-corrected chi connectivity index (χ3v) is 2.41. The van der Waals surface area contributed by atoms with Crippen molar-refractivity contribution < 1.29 is 0 Å². The third kappa shape index (κ3) is 4.94. The minimum absolute atomic E-state index is 0.468. The first-order valence-corrected chi connectivity index (χ1v) is 5.85. The molecule has 0 aliphatic rings. The number of aromatic nitrogens is 3. The van der Waals surface area contributed by atoms with Crippen molar-refractivity contribution >= 4 is 0 Å². The summed E-state index contributed by atoms with van der Waals surface area (Å²) < 4.78 is 1.87. The summed E-state index contributed by atoms with van der Waals surface area (Å²) in [4.78, 5) is 0. The predicted molar refractivity (Wildman–Crippen MR) is 64.4 cm³/mol. The SMILES string of the molecule is CC#CCCCCCCn1cc(CN)nn1. The van der Waals surface area contributed by atoms with Crippen molar-refractivity contribution in [3.63, 3.8) is 0 Å². The lowest BCUT2D eigenvalue weighted by Crippen LogP contribution is -1.98. The van der Waals surface area contributed by atoms with Gasteiger partial charge in [-0.25, -0.2) is 0 Å². The number of nitrogens with zero attached hydrogens (tertiary/aromatic N) is 3. The number of aryl methyl sites for hydroxylation is 1. The second-order valence-electron chi connectivity index (χ2n) is 3.77. The Balaban J connectivity index is 2.04. The van der Waals surface area contributed by atoms with Crippen molar-refractivity contribution in [2.45, 2.75) is 52.1 Å². The van der Waals surface area contributed by atoms with Gasteiger partial charge in [-0.2, -0.15) is 0 Å². The number of unbranched alkanes of at least 4 members (excludes halogenated alkanes) is 4. The van der Waals surface area contributed by atoms with E-state index in [1.54, 1.807) is 0 Å². The fourth-order valence-corrected chi connectivity index (χ4v) is 1.51. The zero-order chi connectivity index (χ0) is 11.6. The van der Waals surface area contributed by atoms with Crippen LogP contribution in [0.25, 0.3) is 0 Å². The Labute approximate surface area is 97.2 Å². The van der Waals surface area contributed by atoms with Gasteiger partial charge in [0.2, 0.25) is 0 Å². The predicted octanol–water partition coefficient (Wildman–Crippen LogP) is 1.71. The molecule has 0 aromatic carbocycles. The van der Waals surface area contributed by atoms with Crippen LogP contribution in [-0.2, 0) is 13.1 Å². The zero-order valence-corrected chi connectivity index (χ0v) is 9.95. The van der Waals surface area contributed by atoms with Crippen LogP contribution >= 0.6 is 0 Å². The molecule has 0 radical (unpaired) electrons. The maximum absolute atomic E-state index is 5.46. The monoisotopic (exact) mass is 220 g/mol. The van der Waals surface area contributed by atoms with Crippen molar-refractivity contribution in [2.24, 2.45) is 5.73 Å². The molecular weight excluding hydrogens is 200 g/mol. The topological polar surface area (TPSA) is 56.7 Å². The van der Waals surface area contributed by atoms with Gasteiger partial charge in [-0.15, -0.1) is 16.9 Å². The molecule has 0 aliphatic heterocycles. The second-order valence-corrected chi connectivity index (χ2v) is 3.77. The van der Waals surface area contributed by atoms with Gasteiger partial charge in [0, 0.05) is 25.7 Å². The van der Waals surface area contributed by atoms with Crippen LogP contribution in [-0.4, -0.2) is 15.0 Å². The molecule has 0 fully saturated rings. The van der Waals surface area contributed by atoms with E-state index >= 15 is 0 Å². The smallest absolute Gasteiger partial charge is 0.0962 e. The first kappa shape index (κ1) is 12.7. The van der Waals surface area contributed by atoms with Gasteiger partial charge in [0.05, 0.1) is 5.69 Å². The molecule has 0 unspecified atom stereocenters. The van der Waals surface area contributed by atoms with E-state index in [-0.39, 0.29) is 0 Å². The van der Waals surface area contributed by atoms with Gasteiger partial charge in [-0.05, 0) is 19.8 Å². The Morgan fingerprint density at radius 3 is 2.81 bits per heavy atom. The molecule has 1 heterocycles. The summed E-state index contributed by atoms with van der Waals surface area (Å²) in [5, 5.41) is 7.94. The maximum Gasteiger partial charge on any atom is 0.0962 e. The summed E-state index contributed by atoms with van der Waals surface area (Å²) in [6, 6.07) is 0. The van der Waals surface area contributed by atoms with Crippen LogP contribution in [0, 0.1) is 11.8 Å². The molecular formula is C12H20N4. The number of hydrogen-bond acceptors (Lipinski definition) is 3. The number of hydrogen-bond donors (Lipinski definition) is 1. The van der Waals surface area contributed by atoms with Crippen molar-refractivity contribution in [3.05, 3.63) is 11.9 Å². The third-order valence-electron chi connectivity index (χ3n) is 2.41. The molecule has 0 bridgehead atoms. The summed E-state index contributed by atoms with van der Waals surface area (Å²) in [5.41, 5.74) is 6.32. The first-order valence-electron chi connectivity index (χ1n) is 5.85. The highest BCUT2D eigenvalue weighted by Crippen LogP contribution is 2.04. The summed E-state index contributed by atoms with van der Waals surface area (Å²) in [7, 11) is 0. The van der Waals surface area contributed by atoms with Crippen molar-refractivity contribution in [3.8, 4) is 11.8 Å². The van der Waals surface area contributed by atoms with E-state index < -0.39 is 0 Å². The van der Waals surface area contributed by atoms with Gasteiger partial charge in [0.25, 0.3) is 0 Å². The lowest BCUT2D eigenvalue weighted by atomic mass is 10.1. The number of rotatable bonds is 7. The van der Waals surface area contributed by atoms with Gasteiger partial charge in [-0.3, -0.25) is 4.68 Å². The zero-order valence-electron chi connectivity index (χ0n) is 9.95. The molecule has 0 saturated carbocycles. The Morgan fingerprint density at radius 1 is 1.31 bits per heavy atom. The average molecular weight is 220 g/mol. The van der Waals surface area contributed by atoms with Crippen LogP contribution in [0.2, 0.25) is 0 Å². The molecule has 0 aliphatic carbocycles. The highest BCUT2D eigenvalue weighted by molar-refractivity contribution is 4.94. The summed E-state index contributed by atoms with van der Waals surface area (Å²) in [5.74, 6) is 5.99. The summed E-state index contributed by atoms with van der Waals surface area (Å²) in [6.07, 6.45) is 7.76. The largest absolute Gasteiger partial charge is 0.325 e. The molecule has 0 atom stereocenters.